The van der Waals surface area contributed by atoms with Crippen LogP contribution < -0.4 is 0 Å². The fourth-order valence-corrected chi connectivity index (χ4v) is 0.657. The van der Waals surface area contributed by atoms with Gasteiger partial charge in [-0.05, 0) is 52.4 Å². The van der Waals surface area contributed by atoms with Gasteiger partial charge in [-0.3, -0.25) is 0 Å². The molecule has 0 amide bonds. The molecule has 12 radical (unpaired) electrons. The Morgan fingerprint density at radius 2 is 1.27 bits per heavy atom. The van der Waals surface area contributed by atoms with Gasteiger partial charge in [0.15, 0.2) is 0 Å². The van der Waals surface area contributed by atoms with Crippen LogP contribution >= 0.6 is 0 Å². The zero-order valence-corrected chi connectivity index (χ0v) is 6.18. The van der Waals surface area contributed by atoms with Crippen molar-refractivity contribution < 1.29 is 4.74 Å². The van der Waals surface area contributed by atoms with Gasteiger partial charge in [0.2, 0.25) is 0 Å². The second kappa shape index (κ2) is 4.76. The van der Waals surface area contributed by atoms with Gasteiger partial charge in [-0.1, -0.05) is 0 Å². The Hall–Kier alpha value is -0.0400. The van der Waals surface area contributed by atoms with E-state index in [9.17, 15) is 0 Å². The highest BCUT2D eigenvalue weighted by atomic mass is 16.5. The molecule has 2 unspecified atom stereocenters. The molecule has 1 nitrogen and oxygen atoms in total. The maximum atomic E-state index is 5.46. The quantitative estimate of drug-likeness (QED) is 0.583. The van der Waals surface area contributed by atoms with Crippen LogP contribution in [0, 0.1) is 59.5 Å². The largest absolute Gasteiger partial charge is 0.369 e. The molecule has 0 spiro atoms. The van der Waals surface area contributed by atoms with E-state index in [0.717, 1.165) is 0 Å². The lowest BCUT2D eigenvalue weighted by molar-refractivity contribution is 0.0651. The van der Waals surface area contributed by atoms with Crippen LogP contribution in [0.3, 0.4) is 0 Å². The zero-order valence-electron chi connectivity index (χ0n) is 6.18. The number of rotatable bonds is 4. The molecule has 0 bridgehead atoms. The summed E-state index contributed by atoms with van der Waals surface area (Å²) >= 11 is 0. The summed E-state index contributed by atoms with van der Waals surface area (Å²) < 4.78 is 4.40. The van der Waals surface area contributed by atoms with E-state index in [2.05, 4.69) is 4.74 Å². The second-order valence-electron chi connectivity index (χ2n) is 2.33. The Kier molecular flexibility index (Phi) is 4.74. The van der Waals surface area contributed by atoms with E-state index in [-0.39, 0.29) is 0 Å². The second-order valence-corrected chi connectivity index (χ2v) is 2.33. The van der Waals surface area contributed by atoms with E-state index in [0.29, 0.717) is 0 Å². The van der Waals surface area contributed by atoms with E-state index in [1.54, 1.807) is 0 Å². The Bertz CT molecular complexity index is 97.0. The third kappa shape index (κ3) is 3.24. The molecule has 0 aromatic rings. The van der Waals surface area contributed by atoms with Crippen molar-refractivity contribution in [2.75, 3.05) is 0 Å². The lowest BCUT2D eigenvalue weighted by Crippen LogP contribution is -2.29. The van der Waals surface area contributed by atoms with Crippen LogP contribution in [0.15, 0.2) is 0 Å². The van der Waals surface area contributed by atoms with Gasteiger partial charge in [-0.2, -0.15) is 0 Å². The molecule has 0 aromatic carbocycles. The summed E-state index contributed by atoms with van der Waals surface area (Å²) in [5.41, 5.74) is 0. The molecule has 0 aliphatic heterocycles. The first-order chi connectivity index (χ1) is 5.00. The van der Waals surface area contributed by atoms with Crippen LogP contribution in [0.5, 0.6) is 0 Å². The van der Waals surface area contributed by atoms with Gasteiger partial charge in [0.25, 0.3) is 0 Å². The lowest BCUT2D eigenvalue weighted by Gasteiger charge is -2.27. The SMILES string of the molecule is [CH]OC(C([CH])[CH])C([CH])C([CH])[CH]. The summed E-state index contributed by atoms with van der Waals surface area (Å²) in [6.45, 7) is 26.5. The summed E-state index contributed by atoms with van der Waals surface area (Å²) in [6.07, 6.45) is -0.727. The molecule has 0 aliphatic rings. The Morgan fingerprint density at radius 3 is 1.36 bits per heavy atom. The monoisotopic (exact) mass is 146 g/mol. The smallest absolute Gasteiger partial charge is 0.115 e. The molecule has 0 aromatic heterocycles. The van der Waals surface area contributed by atoms with Gasteiger partial charge in [0, 0.05) is 0 Å². The molecule has 1 heteroatoms. The summed E-state index contributed by atoms with van der Waals surface area (Å²) in [4.78, 5) is 0. The molecule has 56 valence electrons. The van der Waals surface area contributed by atoms with Crippen molar-refractivity contribution in [1.82, 2.24) is 0 Å². The van der Waals surface area contributed by atoms with Gasteiger partial charge >= 0.3 is 0 Å². The van der Waals surface area contributed by atoms with Crippen molar-refractivity contribution in [2.45, 2.75) is 6.10 Å². The molecule has 0 rings (SSSR count). The topological polar surface area (TPSA) is 9.23 Å². The maximum Gasteiger partial charge on any atom is 0.115 e. The minimum atomic E-state index is -0.787. The van der Waals surface area contributed by atoms with E-state index in [4.69, 9.17) is 41.7 Å². The molecule has 0 heterocycles. The van der Waals surface area contributed by atoms with Crippen LogP contribution in [0.1, 0.15) is 0 Å². The van der Waals surface area contributed by atoms with Crippen LogP contribution in [0.4, 0.5) is 0 Å². The summed E-state index contributed by atoms with van der Waals surface area (Å²) in [5, 5.41) is 0. The molecule has 0 saturated heterocycles. The Balaban J connectivity index is 4.02. The minimum absolute atomic E-state index is 0.667. The van der Waals surface area contributed by atoms with Crippen molar-refractivity contribution in [1.29, 1.82) is 0 Å². The zero-order chi connectivity index (χ0) is 9.02. The molecule has 0 fully saturated rings. The van der Waals surface area contributed by atoms with Gasteiger partial charge in [-0.15, -0.1) is 0 Å². The van der Waals surface area contributed by atoms with Crippen molar-refractivity contribution in [3.8, 4) is 0 Å². The first kappa shape index (κ1) is 11.0. The highest BCUT2D eigenvalue weighted by molar-refractivity contribution is 4.88. The van der Waals surface area contributed by atoms with Gasteiger partial charge in [-0.25, -0.2) is 0 Å². The first-order valence-corrected chi connectivity index (χ1v) is 3.14. The average molecular weight is 146 g/mol. The third-order valence-corrected chi connectivity index (χ3v) is 1.36. The van der Waals surface area contributed by atoms with Crippen LogP contribution in [0.25, 0.3) is 0 Å². The fourth-order valence-electron chi connectivity index (χ4n) is 0.657. The lowest BCUT2D eigenvalue weighted by atomic mass is 9.86. The van der Waals surface area contributed by atoms with E-state index < -0.39 is 23.9 Å². The van der Waals surface area contributed by atoms with Crippen molar-refractivity contribution in [3.05, 3.63) is 41.7 Å². The number of hydrogen-bond acceptors (Lipinski definition) is 1. The molecular formula is C10H10O. The van der Waals surface area contributed by atoms with Gasteiger partial charge < -0.3 is 4.74 Å². The summed E-state index contributed by atoms with van der Waals surface area (Å²) in [6, 6.07) is 0. The highest BCUT2D eigenvalue weighted by Gasteiger charge is 2.23. The van der Waals surface area contributed by atoms with Crippen molar-refractivity contribution >= 4 is 0 Å². The molecule has 0 aliphatic carbocycles. The van der Waals surface area contributed by atoms with E-state index in [1.807, 2.05) is 0 Å². The Morgan fingerprint density at radius 1 is 0.818 bits per heavy atom. The summed E-state index contributed by atoms with van der Waals surface area (Å²) in [5.74, 6) is -2.21. The predicted octanol–water partition coefficient (Wildman–Crippen LogP) is 1.44. The maximum absolute atomic E-state index is 5.46. The van der Waals surface area contributed by atoms with Gasteiger partial charge in [0.1, 0.15) is 7.11 Å². The number of ether oxygens (including phenoxy) is 1. The summed E-state index contributed by atoms with van der Waals surface area (Å²) in [7, 11) is 4.86. The first-order valence-electron chi connectivity index (χ1n) is 3.14. The highest BCUT2D eigenvalue weighted by Crippen LogP contribution is 2.21. The van der Waals surface area contributed by atoms with Crippen molar-refractivity contribution in [3.63, 3.8) is 0 Å². The molecular weight excluding hydrogens is 136 g/mol. The molecule has 0 N–H and O–H groups in total. The van der Waals surface area contributed by atoms with Gasteiger partial charge in [0.05, 0.1) is 6.10 Å². The third-order valence-electron chi connectivity index (χ3n) is 1.36. The minimum Gasteiger partial charge on any atom is -0.369 e. The van der Waals surface area contributed by atoms with Crippen LogP contribution in [0.2, 0.25) is 0 Å². The average Bonchev–Trinajstić information content (AvgIpc) is 1.88. The van der Waals surface area contributed by atoms with E-state index in [1.165, 1.54) is 0 Å². The standard InChI is InChI=1S/C10H10O/c1-7(2)9(5)10(11-6)8(3)4/h1-10H. The van der Waals surface area contributed by atoms with E-state index >= 15 is 0 Å². The Labute approximate surface area is 71.1 Å². The molecule has 2 atom stereocenters. The normalized spacial score (nSPS) is 17.5. The number of hydrogen-bond donors (Lipinski definition) is 0. The van der Waals surface area contributed by atoms with Crippen LogP contribution in [-0.2, 0) is 4.74 Å². The fraction of sp³-hybridized carbons (Fsp3) is 0.400. The van der Waals surface area contributed by atoms with Crippen LogP contribution in [-0.4, -0.2) is 6.10 Å². The predicted molar refractivity (Wildman–Crippen MR) is 41.1 cm³/mol. The van der Waals surface area contributed by atoms with Crippen molar-refractivity contribution in [2.24, 2.45) is 17.8 Å². The molecule has 0 saturated carbocycles. The molecule has 11 heavy (non-hydrogen) atoms.